The summed E-state index contributed by atoms with van der Waals surface area (Å²) in [6.07, 6.45) is 2.49. The maximum absolute atomic E-state index is 12.4. The molecule has 3 aromatic carbocycles. The Labute approximate surface area is 218 Å². The average molecular weight is 593 g/mol. The van der Waals surface area contributed by atoms with Crippen LogP contribution in [0.5, 0.6) is 17.2 Å². The molecule has 6 nitrogen and oxygen atoms in total. The first-order valence-corrected chi connectivity index (χ1v) is 12.4. The lowest BCUT2D eigenvalue weighted by Crippen LogP contribution is -2.17. The molecular weight excluding hydrogens is 567 g/mol. The standard InChI is InChI=1S/C26H26ClIN2O4/c1-3-13-33-21-11-9-19(10-12-21)26(31)30-29-16-18-14-23(28)25(24(15-18)32-4-2)34-17-20-7-5-6-8-22(20)27/h5-12,14-16H,3-4,13,17H2,1-2H3,(H,30,31)/b29-16-. The van der Waals surface area contributed by atoms with Gasteiger partial charge in [-0.3, -0.25) is 4.79 Å². The zero-order chi connectivity index (χ0) is 24.3. The molecule has 0 atom stereocenters. The summed E-state index contributed by atoms with van der Waals surface area (Å²) in [6.45, 7) is 5.39. The molecule has 0 saturated carbocycles. The SMILES string of the molecule is CCCOc1ccc(C(=O)N/N=C\c2cc(I)c(OCc3ccccc3Cl)c(OCC)c2)cc1. The molecule has 0 saturated heterocycles. The highest BCUT2D eigenvalue weighted by molar-refractivity contribution is 14.1. The maximum Gasteiger partial charge on any atom is 0.271 e. The van der Waals surface area contributed by atoms with Gasteiger partial charge in [-0.2, -0.15) is 5.10 Å². The fraction of sp³-hybridized carbons (Fsp3) is 0.231. The van der Waals surface area contributed by atoms with Gasteiger partial charge in [-0.1, -0.05) is 36.7 Å². The van der Waals surface area contributed by atoms with Crippen LogP contribution in [0, 0.1) is 3.57 Å². The van der Waals surface area contributed by atoms with E-state index in [1.807, 2.05) is 50.2 Å². The van der Waals surface area contributed by atoms with Crippen LogP contribution in [0.25, 0.3) is 0 Å². The van der Waals surface area contributed by atoms with Crippen molar-refractivity contribution in [2.24, 2.45) is 5.10 Å². The van der Waals surface area contributed by atoms with Crippen LogP contribution in [0.15, 0.2) is 65.8 Å². The minimum Gasteiger partial charge on any atom is -0.494 e. The van der Waals surface area contributed by atoms with Crippen molar-refractivity contribution in [3.63, 3.8) is 0 Å². The van der Waals surface area contributed by atoms with E-state index in [1.165, 1.54) is 0 Å². The molecule has 0 fully saturated rings. The molecule has 3 aromatic rings. The fourth-order valence-electron chi connectivity index (χ4n) is 2.98. The summed E-state index contributed by atoms with van der Waals surface area (Å²) in [6, 6.07) is 18.2. The molecule has 0 aliphatic carbocycles. The summed E-state index contributed by atoms with van der Waals surface area (Å²) in [5, 5.41) is 4.75. The molecule has 0 heterocycles. The number of benzene rings is 3. The number of amides is 1. The zero-order valence-electron chi connectivity index (χ0n) is 19.0. The van der Waals surface area contributed by atoms with Crippen molar-refractivity contribution in [1.82, 2.24) is 5.43 Å². The highest BCUT2D eigenvalue weighted by Crippen LogP contribution is 2.35. The van der Waals surface area contributed by atoms with E-state index in [0.717, 1.165) is 26.9 Å². The van der Waals surface area contributed by atoms with Gasteiger partial charge in [0.05, 0.1) is 23.0 Å². The predicted octanol–water partition coefficient (Wildman–Crippen LogP) is 6.48. The molecule has 3 rings (SSSR count). The van der Waals surface area contributed by atoms with Crippen molar-refractivity contribution in [3.05, 3.63) is 85.9 Å². The molecule has 1 amide bonds. The molecule has 0 aromatic heterocycles. The first kappa shape index (κ1) is 25.8. The minimum atomic E-state index is -0.308. The first-order chi connectivity index (χ1) is 16.5. The van der Waals surface area contributed by atoms with Crippen LogP contribution in [0.1, 0.15) is 41.8 Å². The van der Waals surface area contributed by atoms with E-state index < -0.39 is 0 Å². The lowest BCUT2D eigenvalue weighted by Gasteiger charge is -2.15. The van der Waals surface area contributed by atoms with Crippen molar-refractivity contribution >= 4 is 46.3 Å². The number of nitrogens with one attached hydrogen (secondary N) is 1. The Balaban J connectivity index is 1.67. The fourth-order valence-corrected chi connectivity index (χ4v) is 3.95. The molecule has 0 bridgehead atoms. The van der Waals surface area contributed by atoms with Gasteiger partial charge in [0.15, 0.2) is 11.5 Å². The normalized spacial score (nSPS) is 10.8. The molecule has 8 heteroatoms. The smallest absolute Gasteiger partial charge is 0.271 e. The molecule has 1 N–H and O–H groups in total. The van der Waals surface area contributed by atoms with Crippen LogP contribution in [0.2, 0.25) is 5.02 Å². The van der Waals surface area contributed by atoms with E-state index in [0.29, 0.717) is 41.9 Å². The summed E-state index contributed by atoms with van der Waals surface area (Å²) >= 11 is 8.43. The van der Waals surface area contributed by atoms with Crippen molar-refractivity contribution in [3.8, 4) is 17.2 Å². The summed E-state index contributed by atoms with van der Waals surface area (Å²) in [5.41, 5.74) is 4.70. The minimum absolute atomic E-state index is 0.308. The number of hydrogen-bond acceptors (Lipinski definition) is 5. The van der Waals surface area contributed by atoms with E-state index in [4.69, 9.17) is 25.8 Å². The van der Waals surface area contributed by atoms with Crippen LogP contribution < -0.4 is 19.6 Å². The van der Waals surface area contributed by atoms with Gasteiger partial charge >= 0.3 is 0 Å². The number of carbonyl (C=O) groups excluding carboxylic acids is 1. The maximum atomic E-state index is 12.4. The summed E-state index contributed by atoms with van der Waals surface area (Å²) in [5.74, 6) is 1.65. The Morgan fingerprint density at radius 2 is 1.82 bits per heavy atom. The third-order valence-corrected chi connectivity index (χ3v) is 5.80. The Kier molecular flexibility index (Phi) is 10.0. The van der Waals surface area contributed by atoms with Gasteiger partial charge in [0, 0.05) is 16.1 Å². The monoisotopic (exact) mass is 592 g/mol. The Morgan fingerprint density at radius 1 is 1.06 bits per heavy atom. The van der Waals surface area contributed by atoms with Gasteiger partial charge in [0.25, 0.3) is 5.91 Å². The number of ether oxygens (including phenoxy) is 3. The summed E-state index contributed by atoms with van der Waals surface area (Å²) in [4.78, 5) is 12.4. The lowest BCUT2D eigenvalue weighted by molar-refractivity contribution is 0.0955. The Bertz CT molecular complexity index is 1140. The third kappa shape index (κ3) is 7.36. The summed E-state index contributed by atoms with van der Waals surface area (Å²) in [7, 11) is 0. The van der Waals surface area contributed by atoms with E-state index in [-0.39, 0.29) is 5.91 Å². The van der Waals surface area contributed by atoms with Gasteiger partial charge in [-0.15, -0.1) is 0 Å². The van der Waals surface area contributed by atoms with Gasteiger partial charge in [-0.25, -0.2) is 5.43 Å². The van der Waals surface area contributed by atoms with Crippen molar-refractivity contribution in [2.45, 2.75) is 26.9 Å². The number of carbonyl (C=O) groups is 1. The van der Waals surface area contributed by atoms with Gasteiger partial charge in [-0.05, 0) is 84.0 Å². The molecule has 0 spiro atoms. The largest absolute Gasteiger partial charge is 0.494 e. The van der Waals surface area contributed by atoms with Crippen molar-refractivity contribution < 1.29 is 19.0 Å². The third-order valence-electron chi connectivity index (χ3n) is 4.63. The summed E-state index contributed by atoms with van der Waals surface area (Å²) < 4.78 is 18.2. The number of nitrogens with zero attached hydrogens (tertiary/aromatic N) is 1. The van der Waals surface area contributed by atoms with Gasteiger partial charge in [0.2, 0.25) is 0 Å². The second-order valence-electron chi connectivity index (χ2n) is 7.22. The molecule has 0 unspecified atom stereocenters. The molecule has 34 heavy (non-hydrogen) atoms. The van der Waals surface area contributed by atoms with E-state index in [1.54, 1.807) is 30.5 Å². The number of halogens is 2. The molecule has 178 valence electrons. The van der Waals surface area contributed by atoms with Crippen molar-refractivity contribution in [1.29, 1.82) is 0 Å². The predicted molar refractivity (Wildman–Crippen MR) is 143 cm³/mol. The first-order valence-electron chi connectivity index (χ1n) is 10.9. The van der Waals surface area contributed by atoms with E-state index in [9.17, 15) is 4.79 Å². The number of rotatable bonds is 11. The van der Waals surface area contributed by atoms with Gasteiger partial charge < -0.3 is 14.2 Å². The molecule has 0 aliphatic rings. The number of hydrogen-bond donors (Lipinski definition) is 1. The Hall–Kier alpha value is -2.78. The number of hydrazone groups is 1. The quantitative estimate of drug-likeness (QED) is 0.157. The van der Waals surface area contributed by atoms with Gasteiger partial charge in [0.1, 0.15) is 12.4 Å². The molecular formula is C26H26ClIN2O4. The van der Waals surface area contributed by atoms with E-state index in [2.05, 4.69) is 33.1 Å². The zero-order valence-corrected chi connectivity index (χ0v) is 21.9. The molecule has 0 radical (unpaired) electrons. The van der Waals surface area contributed by atoms with Crippen LogP contribution >= 0.6 is 34.2 Å². The van der Waals surface area contributed by atoms with E-state index >= 15 is 0 Å². The lowest BCUT2D eigenvalue weighted by atomic mass is 10.2. The topological polar surface area (TPSA) is 69.2 Å². The van der Waals surface area contributed by atoms with Crippen molar-refractivity contribution in [2.75, 3.05) is 13.2 Å². The molecule has 0 aliphatic heterocycles. The van der Waals surface area contributed by atoms with Crippen LogP contribution in [-0.4, -0.2) is 25.3 Å². The van der Waals surface area contributed by atoms with Crippen LogP contribution in [0.3, 0.4) is 0 Å². The Morgan fingerprint density at radius 3 is 2.53 bits per heavy atom. The highest BCUT2D eigenvalue weighted by atomic mass is 127. The second-order valence-corrected chi connectivity index (χ2v) is 8.78. The second kappa shape index (κ2) is 13.2. The van der Waals surface area contributed by atoms with Crippen LogP contribution in [-0.2, 0) is 6.61 Å². The average Bonchev–Trinajstić information content (AvgIpc) is 2.83. The highest BCUT2D eigenvalue weighted by Gasteiger charge is 2.13. The van der Waals surface area contributed by atoms with Crippen LogP contribution in [0.4, 0.5) is 0 Å².